The Labute approximate surface area is 153 Å². The lowest BCUT2D eigenvalue weighted by atomic mass is 10.2. The van der Waals surface area contributed by atoms with Gasteiger partial charge in [-0.1, -0.05) is 47.6 Å². The maximum absolute atomic E-state index is 13.0. The summed E-state index contributed by atoms with van der Waals surface area (Å²) in [7, 11) is 0. The zero-order chi connectivity index (χ0) is 18.0. The normalized spacial score (nSPS) is 10.6. The van der Waals surface area contributed by atoms with Gasteiger partial charge in [-0.05, 0) is 37.3 Å². The van der Waals surface area contributed by atoms with Crippen molar-refractivity contribution in [2.75, 3.05) is 0 Å². The minimum atomic E-state index is -0.691. The fraction of sp³-hybridized carbons (Fsp3) is 0.0556. The summed E-state index contributed by atoms with van der Waals surface area (Å²) in [4.78, 5) is 26.0. The van der Waals surface area contributed by atoms with Crippen molar-refractivity contribution in [2.24, 2.45) is 5.73 Å². The van der Waals surface area contributed by atoms with Crippen LogP contribution in [0.15, 0.2) is 69.2 Å². The molecule has 1 amide bonds. The van der Waals surface area contributed by atoms with Crippen molar-refractivity contribution in [2.45, 2.75) is 16.7 Å². The van der Waals surface area contributed by atoms with Gasteiger partial charge in [0, 0.05) is 15.5 Å². The van der Waals surface area contributed by atoms with Crippen molar-refractivity contribution < 1.29 is 4.79 Å². The van der Waals surface area contributed by atoms with Gasteiger partial charge in [-0.3, -0.25) is 9.59 Å². The standard InChI is InChI=1S/C18H14ClN3O2S/c1-11-15(17(20)23)21-22(13-7-5-6-12(19)10-13)18(24)16(11)25-14-8-3-2-4-9-14/h2-10H,1H3,(H2,20,23). The third kappa shape index (κ3) is 3.60. The summed E-state index contributed by atoms with van der Waals surface area (Å²) in [6.45, 7) is 1.67. The van der Waals surface area contributed by atoms with Crippen LogP contribution >= 0.6 is 23.4 Å². The van der Waals surface area contributed by atoms with Gasteiger partial charge >= 0.3 is 0 Å². The van der Waals surface area contributed by atoms with Crippen LogP contribution in [0.2, 0.25) is 5.02 Å². The van der Waals surface area contributed by atoms with Crippen molar-refractivity contribution in [3.8, 4) is 5.69 Å². The Morgan fingerprint density at radius 2 is 1.88 bits per heavy atom. The molecule has 0 saturated heterocycles. The summed E-state index contributed by atoms with van der Waals surface area (Å²) in [5.74, 6) is -0.691. The highest BCUT2D eigenvalue weighted by molar-refractivity contribution is 7.99. The summed E-state index contributed by atoms with van der Waals surface area (Å²) in [5, 5.41) is 4.61. The second-order valence-electron chi connectivity index (χ2n) is 5.28. The molecule has 5 nitrogen and oxygen atoms in total. The SMILES string of the molecule is Cc1c(C(N)=O)nn(-c2cccc(Cl)c2)c(=O)c1Sc1ccccc1. The molecule has 1 heterocycles. The molecular weight excluding hydrogens is 358 g/mol. The van der Waals surface area contributed by atoms with E-state index in [0.29, 0.717) is 21.2 Å². The van der Waals surface area contributed by atoms with E-state index in [2.05, 4.69) is 5.10 Å². The summed E-state index contributed by atoms with van der Waals surface area (Å²) < 4.78 is 1.16. The number of benzene rings is 2. The third-order valence-electron chi connectivity index (χ3n) is 3.53. The highest BCUT2D eigenvalue weighted by atomic mass is 35.5. The quantitative estimate of drug-likeness (QED) is 0.762. The summed E-state index contributed by atoms with van der Waals surface area (Å²) >= 11 is 7.28. The molecule has 0 aliphatic carbocycles. The first kappa shape index (κ1) is 17.3. The summed E-state index contributed by atoms with van der Waals surface area (Å²) in [6.07, 6.45) is 0. The summed E-state index contributed by atoms with van der Waals surface area (Å²) in [6, 6.07) is 16.1. The molecule has 1 aromatic heterocycles. The third-order valence-corrected chi connectivity index (χ3v) is 4.96. The number of rotatable bonds is 4. The van der Waals surface area contributed by atoms with E-state index in [1.54, 1.807) is 31.2 Å². The molecule has 2 N–H and O–H groups in total. The van der Waals surface area contributed by atoms with Gasteiger partial charge in [-0.25, -0.2) is 0 Å². The van der Waals surface area contributed by atoms with Crippen LogP contribution in [0.5, 0.6) is 0 Å². The number of nitrogens with two attached hydrogens (primary N) is 1. The number of hydrogen-bond acceptors (Lipinski definition) is 4. The molecule has 25 heavy (non-hydrogen) atoms. The lowest BCUT2D eigenvalue weighted by Gasteiger charge is -2.13. The Morgan fingerprint density at radius 3 is 2.52 bits per heavy atom. The number of primary amides is 1. The molecule has 0 aliphatic heterocycles. The van der Waals surface area contributed by atoms with E-state index in [1.165, 1.54) is 11.8 Å². The summed E-state index contributed by atoms with van der Waals surface area (Å²) in [5.41, 5.74) is 6.10. The molecule has 0 bridgehead atoms. The predicted octanol–water partition coefficient (Wildman–Crippen LogP) is 3.44. The lowest BCUT2D eigenvalue weighted by molar-refractivity contribution is 0.0992. The van der Waals surface area contributed by atoms with Gasteiger partial charge in [0.25, 0.3) is 11.5 Å². The fourth-order valence-corrected chi connectivity index (χ4v) is 3.47. The molecule has 0 radical (unpaired) electrons. The number of amides is 1. The number of aromatic nitrogens is 2. The number of carbonyl (C=O) groups is 1. The maximum Gasteiger partial charge on any atom is 0.285 e. The monoisotopic (exact) mass is 371 g/mol. The van der Waals surface area contributed by atoms with Crippen molar-refractivity contribution in [3.05, 3.63) is 81.2 Å². The maximum atomic E-state index is 13.0. The van der Waals surface area contributed by atoms with E-state index < -0.39 is 5.91 Å². The van der Waals surface area contributed by atoms with Crippen LogP contribution in [-0.4, -0.2) is 15.7 Å². The smallest absolute Gasteiger partial charge is 0.285 e. The Bertz CT molecular complexity index is 1000. The molecule has 126 valence electrons. The van der Waals surface area contributed by atoms with E-state index in [9.17, 15) is 9.59 Å². The van der Waals surface area contributed by atoms with Crippen LogP contribution in [0.25, 0.3) is 5.69 Å². The minimum Gasteiger partial charge on any atom is -0.364 e. The zero-order valence-electron chi connectivity index (χ0n) is 13.3. The molecule has 0 aliphatic rings. The van der Waals surface area contributed by atoms with Gasteiger partial charge in [0.2, 0.25) is 0 Å². The molecule has 0 atom stereocenters. The molecule has 0 fully saturated rings. The Hall–Kier alpha value is -2.57. The minimum absolute atomic E-state index is 0.0537. The Morgan fingerprint density at radius 1 is 1.16 bits per heavy atom. The Kier molecular flexibility index (Phi) is 4.92. The van der Waals surface area contributed by atoms with Crippen LogP contribution < -0.4 is 11.3 Å². The number of nitrogens with zero attached hydrogens (tertiary/aromatic N) is 2. The molecule has 0 unspecified atom stereocenters. The first-order valence-corrected chi connectivity index (χ1v) is 8.59. The number of halogens is 1. The second-order valence-corrected chi connectivity index (χ2v) is 6.80. The van der Waals surface area contributed by atoms with Gasteiger partial charge in [-0.2, -0.15) is 9.78 Å². The van der Waals surface area contributed by atoms with E-state index in [4.69, 9.17) is 17.3 Å². The van der Waals surface area contributed by atoms with Gasteiger partial charge in [0.05, 0.1) is 10.6 Å². The van der Waals surface area contributed by atoms with E-state index in [-0.39, 0.29) is 11.3 Å². The highest BCUT2D eigenvalue weighted by Gasteiger charge is 2.19. The highest BCUT2D eigenvalue weighted by Crippen LogP contribution is 2.28. The molecule has 3 aromatic rings. The lowest BCUT2D eigenvalue weighted by Crippen LogP contribution is -2.29. The van der Waals surface area contributed by atoms with Crippen LogP contribution in [-0.2, 0) is 0 Å². The van der Waals surface area contributed by atoms with Crippen LogP contribution in [0.4, 0.5) is 0 Å². The second kappa shape index (κ2) is 7.13. The molecule has 7 heteroatoms. The average Bonchev–Trinajstić information content (AvgIpc) is 2.59. The molecular formula is C18H14ClN3O2S. The van der Waals surface area contributed by atoms with Crippen molar-refractivity contribution in [1.29, 1.82) is 0 Å². The number of carbonyl (C=O) groups excluding carboxylic acids is 1. The van der Waals surface area contributed by atoms with Crippen LogP contribution in [0.3, 0.4) is 0 Å². The molecule has 0 saturated carbocycles. The van der Waals surface area contributed by atoms with Crippen molar-refractivity contribution >= 4 is 29.3 Å². The van der Waals surface area contributed by atoms with Crippen LogP contribution in [0, 0.1) is 6.92 Å². The number of hydrogen-bond donors (Lipinski definition) is 1. The average molecular weight is 372 g/mol. The van der Waals surface area contributed by atoms with Gasteiger partial charge < -0.3 is 5.73 Å². The van der Waals surface area contributed by atoms with Gasteiger partial charge in [0.1, 0.15) is 0 Å². The Balaban J connectivity index is 2.23. The molecule has 3 rings (SSSR count). The van der Waals surface area contributed by atoms with Crippen LogP contribution in [0.1, 0.15) is 16.1 Å². The van der Waals surface area contributed by atoms with Gasteiger partial charge in [-0.15, -0.1) is 0 Å². The first-order chi connectivity index (χ1) is 12.0. The zero-order valence-corrected chi connectivity index (χ0v) is 14.8. The molecule has 0 spiro atoms. The van der Waals surface area contributed by atoms with E-state index in [0.717, 1.165) is 9.58 Å². The fourth-order valence-electron chi connectivity index (χ4n) is 2.33. The predicted molar refractivity (Wildman–Crippen MR) is 98.7 cm³/mol. The largest absolute Gasteiger partial charge is 0.364 e. The van der Waals surface area contributed by atoms with Crippen molar-refractivity contribution in [1.82, 2.24) is 9.78 Å². The molecule has 2 aromatic carbocycles. The van der Waals surface area contributed by atoms with Crippen molar-refractivity contribution in [3.63, 3.8) is 0 Å². The van der Waals surface area contributed by atoms with E-state index >= 15 is 0 Å². The van der Waals surface area contributed by atoms with Gasteiger partial charge in [0.15, 0.2) is 5.69 Å². The topological polar surface area (TPSA) is 78.0 Å². The first-order valence-electron chi connectivity index (χ1n) is 7.40. The van der Waals surface area contributed by atoms with E-state index in [1.807, 2.05) is 30.3 Å².